The molecule has 0 radical (unpaired) electrons. The van der Waals surface area contributed by atoms with Crippen LogP contribution in [0.4, 0.5) is 0 Å². The fraction of sp³-hybridized carbons (Fsp3) is 0.529. The maximum Gasteiger partial charge on any atom is 0.250 e. The van der Waals surface area contributed by atoms with Crippen LogP contribution in [-0.2, 0) is 6.42 Å². The number of hydrogen-bond donors (Lipinski definition) is 1. The predicted octanol–water partition coefficient (Wildman–Crippen LogP) is 4.00. The summed E-state index contributed by atoms with van der Waals surface area (Å²) in [5.41, 5.74) is 1.14. The van der Waals surface area contributed by atoms with Crippen molar-refractivity contribution in [2.24, 2.45) is 0 Å². The molecule has 0 saturated heterocycles. The average molecular weight is 291 g/mol. The highest BCUT2D eigenvalue weighted by molar-refractivity contribution is 6.74. The summed E-state index contributed by atoms with van der Waals surface area (Å²) in [4.78, 5) is 0. The van der Waals surface area contributed by atoms with E-state index in [-0.39, 0.29) is 5.04 Å². The molecule has 0 amide bonds. The number of benzene rings is 1. The SMILES string of the molecule is [2H]C(O)C#CCCc1ccccc1O[Si](C)(C)C(C)(C)C. The molecule has 0 aliphatic heterocycles. The predicted molar refractivity (Wildman–Crippen MR) is 87.4 cm³/mol. The largest absolute Gasteiger partial charge is 0.543 e. The minimum Gasteiger partial charge on any atom is -0.543 e. The fourth-order valence-corrected chi connectivity index (χ4v) is 2.61. The maximum absolute atomic E-state index is 8.82. The molecule has 1 unspecified atom stereocenters. The normalized spacial score (nSPS) is 14.0. The van der Waals surface area contributed by atoms with E-state index < -0.39 is 14.9 Å². The van der Waals surface area contributed by atoms with Gasteiger partial charge in [-0.1, -0.05) is 44.9 Å². The first-order valence-electron chi connectivity index (χ1n) is 7.57. The Morgan fingerprint density at radius 2 is 1.90 bits per heavy atom. The molecule has 3 heteroatoms. The summed E-state index contributed by atoms with van der Waals surface area (Å²) >= 11 is 0. The number of aliphatic hydroxyl groups is 1. The first-order valence-corrected chi connectivity index (χ1v) is 9.90. The van der Waals surface area contributed by atoms with Gasteiger partial charge >= 0.3 is 0 Å². The molecule has 0 bridgehead atoms. The summed E-state index contributed by atoms with van der Waals surface area (Å²) in [5, 5.41) is 8.98. The van der Waals surface area contributed by atoms with E-state index >= 15 is 0 Å². The molecule has 1 atom stereocenters. The molecule has 0 spiro atoms. The van der Waals surface area contributed by atoms with Crippen LogP contribution < -0.4 is 4.43 Å². The Morgan fingerprint density at radius 3 is 2.50 bits per heavy atom. The highest BCUT2D eigenvalue weighted by atomic mass is 28.4. The van der Waals surface area contributed by atoms with Gasteiger partial charge in [-0.25, -0.2) is 0 Å². The van der Waals surface area contributed by atoms with Crippen molar-refractivity contribution in [2.75, 3.05) is 6.58 Å². The average Bonchev–Trinajstić information content (AvgIpc) is 2.34. The second-order valence-electron chi connectivity index (χ2n) is 6.42. The van der Waals surface area contributed by atoms with E-state index in [4.69, 9.17) is 10.9 Å². The monoisotopic (exact) mass is 291 g/mol. The molecular formula is C17H26O2Si. The van der Waals surface area contributed by atoms with Crippen molar-refractivity contribution in [3.05, 3.63) is 29.8 Å². The van der Waals surface area contributed by atoms with Crippen molar-refractivity contribution >= 4 is 8.32 Å². The standard InChI is InChI=1S/C17H26O2Si/c1-17(2,3)20(4,5)19-16-13-9-8-12-15(16)11-7-6-10-14-18/h8-9,12-13,18H,7,11,14H2,1-5H3/i14D. The van der Waals surface area contributed by atoms with Gasteiger partial charge in [0.05, 0.1) is 1.37 Å². The first kappa shape index (κ1) is 15.2. The highest BCUT2D eigenvalue weighted by Gasteiger charge is 2.39. The van der Waals surface area contributed by atoms with Crippen LogP contribution in [0.25, 0.3) is 0 Å². The van der Waals surface area contributed by atoms with Gasteiger partial charge < -0.3 is 9.53 Å². The minimum atomic E-state index is -1.85. The van der Waals surface area contributed by atoms with Crippen molar-refractivity contribution in [1.29, 1.82) is 0 Å². The van der Waals surface area contributed by atoms with E-state index in [1.165, 1.54) is 0 Å². The van der Waals surface area contributed by atoms with Gasteiger partial charge in [0.15, 0.2) is 0 Å². The zero-order valence-corrected chi connectivity index (χ0v) is 14.2. The van der Waals surface area contributed by atoms with E-state index in [2.05, 4.69) is 51.8 Å². The zero-order valence-electron chi connectivity index (χ0n) is 14.2. The second kappa shape index (κ2) is 6.96. The quantitative estimate of drug-likeness (QED) is 0.671. The Hall–Kier alpha value is -1.24. The Balaban J connectivity index is 2.84. The summed E-state index contributed by atoms with van der Waals surface area (Å²) in [6.07, 6.45) is 1.39. The lowest BCUT2D eigenvalue weighted by Crippen LogP contribution is -2.44. The highest BCUT2D eigenvalue weighted by Crippen LogP contribution is 2.38. The van der Waals surface area contributed by atoms with Gasteiger partial charge in [0.1, 0.15) is 12.3 Å². The third-order valence-corrected chi connectivity index (χ3v) is 8.17. The number of para-hydroxylation sites is 1. The van der Waals surface area contributed by atoms with E-state index in [0.29, 0.717) is 6.42 Å². The van der Waals surface area contributed by atoms with Gasteiger partial charge in [-0.3, -0.25) is 0 Å². The Morgan fingerprint density at radius 1 is 1.25 bits per heavy atom. The van der Waals surface area contributed by atoms with Gasteiger partial charge in [-0.2, -0.15) is 0 Å². The molecule has 20 heavy (non-hydrogen) atoms. The molecule has 0 aromatic heterocycles. The molecule has 1 aromatic rings. The van der Waals surface area contributed by atoms with Gasteiger partial charge in [-0.05, 0) is 36.2 Å². The Kier molecular flexibility index (Phi) is 5.28. The van der Waals surface area contributed by atoms with Crippen LogP contribution in [0.5, 0.6) is 5.75 Å². The van der Waals surface area contributed by atoms with Crippen molar-refractivity contribution < 1.29 is 10.9 Å². The van der Waals surface area contributed by atoms with Gasteiger partial charge in [0.25, 0.3) is 0 Å². The molecule has 110 valence electrons. The van der Waals surface area contributed by atoms with Crippen LogP contribution in [0.2, 0.25) is 18.1 Å². The van der Waals surface area contributed by atoms with E-state index in [9.17, 15) is 0 Å². The smallest absolute Gasteiger partial charge is 0.250 e. The first-order chi connectivity index (χ1) is 9.63. The van der Waals surface area contributed by atoms with Crippen LogP contribution in [0, 0.1) is 11.8 Å². The third kappa shape index (κ3) is 4.70. The number of rotatable bonds is 4. The molecule has 0 saturated carbocycles. The van der Waals surface area contributed by atoms with Crippen molar-refractivity contribution in [3.63, 3.8) is 0 Å². The van der Waals surface area contributed by atoms with Crippen LogP contribution >= 0.6 is 0 Å². The Labute approximate surface area is 125 Å². The second-order valence-corrected chi connectivity index (χ2v) is 11.1. The summed E-state index contributed by atoms with van der Waals surface area (Å²) in [7, 11) is -1.85. The molecule has 1 aromatic carbocycles. The van der Waals surface area contributed by atoms with Crippen molar-refractivity contribution in [3.8, 4) is 17.6 Å². The van der Waals surface area contributed by atoms with Crippen LogP contribution in [0.1, 0.15) is 34.1 Å². The van der Waals surface area contributed by atoms with Crippen LogP contribution in [-0.4, -0.2) is 20.0 Å². The fourth-order valence-electron chi connectivity index (χ4n) is 1.55. The Bertz CT molecular complexity index is 522. The third-order valence-electron chi connectivity index (χ3n) is 3.83. The maximum atomic E-state index is 8.82. The van der Waals surface area contributed by atoms with Crippen LogP contribution in [0.15, 0.2) is 24.3 Å². The molecule has 0 aliphatic rings. The number of aryl methyl sites for hydroxylation is 1. The molecule has 2 nitrogen and oxygen atoms in total. The summed E-state index contributed by atoms with van der Waals surface area (Å²) in [6.45, 7) is 9.85. The molecule has 1 rings (SSSR count). The molecule has 0 aliphatic carbocycles. The van der Waals surface area contributed by atoms with Crippen molar-refractivity contribution in [1.82, 2.24) is 0 Å². The lowest BCUT2D eigenvalue weighted by molar-refractivity contribution is 0.350. The van der Waals surface area contributed by atoms with E-state index in [0.717, 1.165) is 17.7 Å². The summed E-state index contributed by atoms with van der Waals surface area (Å²) in [6, 6.07) is 8.07. The topological polar surface area (TPSA) is 29.5 Å². The summed E-state index contributed by atoms with van der Waals surface area (Å²) in [5.74, 6) is 6.21. The van der Waals surface area contributed by atoms with Gasteiger partial charge in [0.2, 0.25) is 8.32 Å². The molecular weight excluding hydrogens is 264 g/mol. The van der Waals surface area contributed by atoms with E-state index in [1.54, 1.807) is 0 Å². The van der Waals surface area contributed by atoms with Crippen LogP contribution in [0.3, 0.4) is 0 Å². The molecule has 0 fully saturated rings. The van der Waals surface area contributed by atoms with E-state index in [1.807, 2.05) is 18.2 Å². The number of aliphatic hydroxyl groups excluding tert-OH is 1. The lowest BCUT2D eigenvalue weighted by Gasteiger charge is -2.37. The zero-order chi connectivity index (χ0) is 16.1. The van der Waals surface area contributed by atoms with Gasteiger partial charge in [-0.15, -0.1) is 5.92 Å². The molecule has 0 heterocycles. The lowest BCUT2D eigenvalue weighted by atomic mass is 10.1. The van der Waals surface area contributed by atoms with Gasteiger partial charge in [0, 0.05) is 6.42 Å². The minimum absolute atomic E-state index is 0.162. The summed E-state index contributed by atoms with van der Waals surface area (Å²) < 4.78 is 13.3. The number of hydrogen-bond acceptors (Lipinski definition) is 2. The van der Waals surface area contributed by atoms with Crippen molar-refractivity contribution in [2.45, 2.75) is 51.7 Å². The molecule has 1 N–H and O–H groups in total.